The first-order valence-corrected chi connectivity index (χ1v) is 4.68. The molecule has 80 valence electrons. The summed E-state index contributed by atoms with van der Waals surface area (Å²) in [5.41, 5.74) is 0.588. The highest BCUT2D eigenvalue weighted by Gasteiger charge is 1.95. The van der Waals surface area contributed by atoms with Gasteiger partial charge in [-0.15, -0.1) is 0 Å². The molecule has 1 aromatic rings. The number of benzene rings is 1. The quantitative estimate of drug-likeness (QED) is 0.542. The van der Waals surface area contributed by atoms with Gasteiger partial charge in [-0.25, -0.2) is 4.79 Å². The number of nitrogens with zero attached hydrogens (tertiary/aromatic N) is 2. The first-order chi connectivity index (χ1) is 7.22. The van der Waals surface area contributed by atoms with Crippen LogP contribution in [0.2, 0.25) is 0 Å². The molecule has 1 aromatic carbocycles. The Hall–Kier alpha value is -1.64. The fourth-order valence-electron chi connectivity index (χ4n) is 1.02. The van der Waals surface area contributed by atoms with Crippen molar-refractivity contribution in [2.24, 2.45) is 4.99 Å². The predicted octanol–water partition coefficient (Wildman–Crippen LogP) is 1.59. The van der Waals surface area contributed by atoms with Crippen LogP contribution in [0.5, 0.6) is 5.75 Å². The summed E-state index contributed by atoms with van der Waals surface area (Å²) in [4.78, 5) is 15.5. The van der Waals surface area contributed by atoms with Crippen LogP contribution in [0.15, 0.2) is 29.3 Å². The van der Waals surface area contributed by atoms with Gasteiger partial charge in [0.15, 0.2) is 0 Å². The lowest BCUT2D eigenvalue weighted by Crippen LogP contribution is -2.19. The highest BCUT2D eigenvalue weighted by molar-refractivity contribution is 5.49. The first-order valence-electron chi connectivity index (χ1n) is 4.68. The maximum atomic E-state index is 9.98. The van der Waals surface area contributed by atoms with Crippen molar-refractivity contribution >= 4 is 11.8 Å². The number of aliphatic imine (C=N–C) groups is 1. The highest BCUT2D eigenvalue weighted by Crippen LogP contribution is 2.17. The maximum absolute atomic E-state index is 9.98. The average Bonchev–Trinajstić information content (AvgIpc) is 2.20. The monoisotopic (exact) mass is 206 g/mol. The molecule has 0 saturated carbocycles. The van der Waals surface area contributed by atoms with Gasteiger partial charge in [-0.1, -0.05) is 0 Å². The van der Waals surface area contributed by atoms with E-state index in [0.29, 0.717) is 12.3 Å². The van der Waals surface area contributed by atoms with Gasteiger partial charge < -0.3 is 9.64 Å². The van der Waals surface area contributed by atoms with Crippen molar-refractivity contribution in [3.8, 4) is 5.75 Å². The third-order valence-electron chi connectivity index (χ3n) is 1.82. The molecule has 4 heteroatoms. The summed E-state index contributed by atoms with van der Waals surface area (Å²) in [6.45, 7) is 1.51. The van der Waals surface area contributed by atoms with E-state index in [1.807, 2.05) is 19.0 Å². The number of hydrogen-bond acceptors (Lipinski definition) is 4. The van der Waals surface area contributed by atoms with Crippen LogP contribution in [0.25, 0.3) is 0 Å². The molecule has 0 bridgehead atoms. The molecule has 0 aromatic heterocycles. The van der Waals surface area contributed by atoms with Gasteiger partial charge in [-0.2, -0.15) is 4.99 Å². The van der Waals surface area contributed by atoms with Crippen molar-refractivity contribution in [3.63, 3.8) is 0 Å². The third kappa shape index (κ3) is 4.40. The van der Waals surface area contributed by atoms with Crippen molar-refractivity contribution in [1.82, 2.24) is 4.90 Å². The lowest BCUT2D eigenvalue weighted by Gasteiger charge is -2.10. The Labute approximate surface area is 89.2 Å². The topological polar surface area (TPSA) is 41.9 Å². The number of rotatable bonds is 5. The fourth-order valence-corrected chi connectivity index (χ4v) is 1.02. The van der Waals surface area contributed by atoms with Gasteiger partial charge >= 0.3 is 0 Å². The molecule has 0 radical (unpaired) electrons. The van der Waals surface area contributed by atoms with Gasteiger partial charge in [-0.05, 0) is 38.4 Å². The van der Waals surface area contributed by atoms with Crippen LogP contribution in [0.1, 0.15) is 0 Å². The molecule has 0 aliphatic heterocycles. The fraction of sp³-hybridized carbons (Fsp3) is 0.364. The number of likely N-dealkylation sites (N-methyl/N-ethyl adjacent to an activating group) is 1. The molecule has 0 saturated heterocycles. The van der Waals surface area contributed by atoms with Gasteiger partial charge in [-0.3, -0.25) is 0 Å². The Balaban J connectivity index is 2.46. The van der Waals surface area contributed by atoms with Crippen LogP contribution >= 0.6 is 0 Å². The number of isocyanates is 1. The van der Waals surface area contributed by atoms with Gasteiger partial charge in [0.05, 0.1) is 5.69 Å². The maximum Gasteiger partial charge on any atom is 0.240 e. The molecule has 0 N–H and O–H groups in total. The Morgan fingerprint density at radius 1 is 1.33 bits per heavy atom. The van der Waals surface area contributed by atoms with Gasteiger partial charge in [0.1, 0.15) is 12.4 Å². The van der Waals surface area contributed by atoms with E-state index in [1.165, 1.54) is 6.08 Å². The van der Waals surface area contributed by atoms with Crippen LogP contribution in [0, 0.1) is 0 Å². The zero-order valence-electron chi connectivity index (χ0n) is 8.93. The molecule has 1 rings (SSSR count). The minimum Gasteiger partial charge on any atom is -0.492 e. The van der Waals surface area contributed by atoms with Gasteiger partial charge in [0, 0.05) is 6.54 Å². The average molecular weight is 206 g/mol. The van der Waals surface area contributed by atoms with Crippen molar-refractivity contribution < 1.29 is 9.53 Å². The normalized spacial score (nSPS) is 9.80. The molecule has 15 heavy (non-hydrogen) atoms. The Bertz CT molecular complexity index is 340. The smallest absolute Gasteiger partial charge is 0.240 e. The SMILES string of the molecule is CN(C)CCOc1ccc(N=C=O)cc1. The lowest BCUT2D eigenvalue weighted by atomic mass is 10.3. The molecule has 0 aliphatic carbocycles. The summed E-state index contributed by atoms with van der Waals surface area (Å²) in [6.07, 6.45) is 1.49. The van der Waals surface area contributed by atoms with Crippen LogP contribution in [-0.4, -0.2) is 38.2 Å². The molecular weight excluding hydrogens is 192 g/mol. The zero-order valence-corrected chi connectivity index (χ0v) is 8.93. The second-order valence-corrected chi connectivity index (χ2v) is 3.35. The molecule has 0 heterocycles. The van der Waals surface area contributed by atoms with E-state index in [1.54, 1.807) is 24.3 Å². The van der Waals surface area contributed by atoms with E-state index in [4.69, 9.17) is 4.74 Å². The van der Waals surface area contributed by atoms with Gasteiger partial charge in [0.25, 0.3) is 0 Å². The van der Waals surface area contributed by atoms with Crippen LogP contribution in [0.3, 0.4) is 0 Å². The third-order valence-corrected chi connectivity index (χ3v) is 1.82. The number of ether oxygens (including phenoxy) is 1. The number of hydrogen-bond donors (Lipinski definition) is 0. The van der Waals surface area contributed by atoms with Crippen LogP contribution < -0.4 is 4.74 Å². The van der Waals surface area contributed by atoms with Crippen LogP contribution in [-0.2, 0) is 4.79 Å². The number of carbonyl (C=O) groups excluding carboxylic acids is 1. The van der Waals surface area contributed by atoms with Crippen molar-refractivity contribution in [1.29, 1.82) is 0 Å². The zero-order chi connectivity index (χ0) is 11.1. The summed E-state index contributed by atoms with van der Waals surface area (Å²) < 4.78 is 5.47. The van der Waals surface area contributed by atoms with E-state index in [2.05, 4.69) is 4.99 Å². The molecule has 0 unspecified atom stereocenters. The van der Waals surface area contributed by atoms with E-state index < -0.39 is 0 Å². The minimum atomic E-state index is 0.588. The Morgan fingerprint density at radius 3 is 2.53 bits per heavy atom. The summed E-state index contributed by atoms with van der Waals surface area (Å²) in [5, 5.41) is 0. The molecule has 0 aliphatic rings. The largest absolute Gasteiger partial charge is 0.492 e. The molecule has 0 amide bonds. The molecule has 0 spiro atoms. The standard InChI is InChI=1S/C11H14N2O2/c1-13(2)7-8-15-11-5-3-10(4-6-11)12-9-14/h3-6H,7-8H2,1-2H3. The Morgan fingerprint density at radius 2 is 2.00 bits per heavy atom. The van der Waals surface area contributed by atoms with Crippen molar-refractivity contribution in [2.45, 2.75) is 0 Å². The first kappa shape index (κ1) is 11.4. The Kier molecular flexibility index (Phi) is 4.54. The van der Waals surface area contributed by atoms with Gasteiger partial charge in [0.2, 0.25) is 6.08 Å². The summed E-state index contributed by atoms with van der Waals surface area (Å²) in [7, 11) is 3.98. The van der Waals surface area contributed by atoms with E-state index in [0.717, 1.165) is 12.3 Å². The lowest BCUT2D eigenvalue weighted by molar-refractivity contribution is 0.261. The highest BCUT2D eigenvalue weighted by atomic mass is 16.5. The van der Waals surface area contributed by atoms with E-state index in [9.17, 15) is 4.79 Å². The van der Waals surface area contributed by atoms with E-state index in [-0.39, 0.29) is 0 Å². The van der Waals surface area contributed by atoms with E-state index >= 15 is 0 Å². The van der Waals surface area contributed by atoms with Crippen molar-refractivity contribution in [2.75, 3.05) is 27.2 Å². The predicted molar refractivity (Wildman–Crippen MR) is 58.3 cm³/mol. The summed E-state index contributed by atoms with van der Waals surface area (Å²) in [6, 6.07) is 7.00. The second-order valence-electron chi connectivity index (χ2n) is 3.35. The molecule has 4 nitrogen and oxygen atoms in total. The molecule has 0 atom stereocenters. The summed E-state index contributed by atoms with van der Waals surface area (Å²) >= 11 is 0. The minimum absolute atomic E-state index is 0.588. The summed E-state index contributed by atoms with van der Waals surface area (Å²) in [5.74, 6) is 0.779. The van der Waals surface area contributed by atoms with Crippen LogP contribution in [0.4, 0.5) is 5.69 Å². The molecule has 0 fully saturated rings. The molecular formula is C11H14N2O2. The van der Waals surface area contributed by atoms with Crippen molar-refractivity contribution in [3.05, 3.63) is 24.3 Å². The second kappa shape index (κ2) is 5.96.